The smallest absolute Gasteiger partial charge is 0.305 e. The van der Waals surface area contributed by atoms with Gasteiger partial charge in [-0.15, -0.1) is 0 Å². The Morgan fingerprint density at radius 1 is 1.22 bits per heavy atom. The zero-order valence-corrected chi connectivity index (χ0v) is 15.1. The van der Waals surface area contributed by atoms with E-state index >= 15 is 0 Å². The van der Waals surface area contributed by atoms with Crippen LogP contribution >= 0.6 is 0 Å². The van der Waals surface area contributed by atoms with Crippen molar-refractivity contribution in [1.82, 2.24) is 5.32 Å². The van der Waals surface area contributed by atoms with Crippen LogP contribution in [0.1, 0.15) is 29.2 Å². The van der Waals surface area contributed by atoms with Gasteiger partial charge in [0, 0.05) is 6.07 Å². The first-order valence-corrected chi connectivity index (χ1v) is 8.22. The van der Waals surface area contributed by atoms with Gasteiger partial charge in [-0.05, 0) is 30.2 Å². The minimum atomic E-state index is -1.02. The molecule has 1 unspecified atom stereocenters. The molecule has 0 spiro atoms. The van der Waals surface area contributed by atoms with Crippen molar-refractivity contribution < 1.29 is 24.2 Å². The summed E-state index contributed by atoms with van der Waals surface area (Å²) >= 11 is 0. The Kier molecular flexibility index (Phi) is 6.78. The Hall–Kier alpha value is -3.53. The van der Waals surface area contributed by atoms with Crippen LogP contribution in [0, 0.1) is 18.3 Å². The molecule has 7 nitrogen and oxygen atoms in total. The summed E-state index contributed by atoms with van der Waals surface area (Å²) in [6, 6.07) is 13.2. The monoisotopic (exact) mass is 368 g/mol. The first-order valence-electron chi connectivity index (χ1n) is 8.22. The van der Waals surface area contributed by atoms with E-state index < -0.39 is 17.9 Å². The van der Waals surface area contributed by atoms with Crippen LogP contribution in [0.25, 0.3) is 0 Å². The number of aryl methyl sites for hydroxylation is 1. The van der Waals surface area contributed by atoms with Gasteiger partial charge in [0.1, 0.15) is 0 Å². The van der Waals surface area contributed by atoms with Crippen molar-refractivity contribution >= 4 is 11.9 Å². The molecule has 0 radical (unpaired) electrons. The summed E-state index contributed by atoms with van der Waals surface area (Å²) in [7, 11) is 1.44. The van der Waals surface area contributed by atoms with Crippen LogP contribution in [0.4, 0.5) is 0 Å². The van der Waals surface area contributed by atoms with Crippen molar-refractivity contribution in [3.05, 3.63) is 59.2 Å². The van der Waals surface area contributed by atoms with E-state index in [1.54, 1.807) is 24.3 Å². The van der Waals surface area contributed by atoms with Crippen LogP contribution in [-0.4, -0.2) is 30.7 Å². The quantitative estimate of drug-likeness (QED) is 0.741. The fourth-order valence-corrected chi connectivity index (χ4v) is 2.63. The Morgan fingerprint density at radius 2 is 1.96 bits per heavy atom. The van der Waals surface area contributed by atoms with Crippen molar-refractivity contribution in [1.29, 1.82) is 5.26 Å². The predicted octanol–water partition coefficient (Wildman–Crippen LogP) is 2.59. The number of carbonyl (C=O) groups excluding carboxylic acids is 1. The predicted molar refractivity (Wildman–Crippen MR) is 97.5 cm³/mol. The Balaban J connectivity index is 2.07. The highest BCUT2D eigenvalue weighted by molar-refractivity contribution is 5.79. The van der Waals surface area contributed by atoms with Gasteiger partial charge < -0.3 is 19.9 Å². The molecule has 0 aromatic heterocycles. The molecule has 0 aliphatic rings. The normalized spacial score (nSPS) is 11.1. The number of nitrogens with one attached hydrogen (secondary N) is 1. The number of hydrogen-bond donors (Lipinski definition) is 2. The molecule has 0 bridgehead atoms. The fourth-order valence-electron chi connectivity index (χ4n) is 2.63. The number of aliphatic carboxylic acids is 1. The Morgan fingerprint density at radius 3 is 2.59 bits per heavy atom. The third-order valence-corrected chi connectivity index (χ3v) is 3.93. The summed E-state index contributed by atoms with van der Waals surface area (Å²) in [6.07, 6.45) is -0.239. The van der Waals surface area contributed by atoms with Crippen molar-refractivity contribution in [3.63, 3.8) is 0 Å². The summed E-state index contributed by atoms with van der Waals surface area (Å²) in [5.74, 6) is -0.825. The number of amides is 1. The van der Waals surface area contributed by atoms with Crippen molar-refractivity contribution in [2.24, 2.45) is 0 Å². The summed E-state index contributed by atoms with van der Waals surface area (Å²) in [6.45, 7) is 1.54. The number of ether oxygens (including phenoxy) is 2. The molecule has 0 aliphatic heterocycles. The SMILES string of the molecule is COc1cc(C#N)ccc1OCC(=O)NC(CC(=O)O)c1ccccc1C. The van der Waals surface area contributed by atoms with Gasteiger partial charge in [0.05, 0.1) is 31.2 Å². The van der Waals surface area contributed by atoms with Gasteiger partial charge in [0.15, 0.2) is 18.1 Å². The van der Waals surface area contributed by atoms with Crippen molar-refractivity contribution in [2.75, 3.05) is 13.7 Å². The van der Waals surface area contributed by atoms with Gasteiger partial charge in [-0.1, -0.05) is 24.3 Å². The van der Waals surface area contributed by atoms with E-state index in [9.17, 15) is 9.59 Å². The van der Waals surface area contributed by atoms with Gasteiger partial charge in [0.25, 0.3) is 5.91 Å². The number of methoxy groups -OCH3 is 1. The maximum absolute atomic E-state index is 12.3. The summed E-state index contributed by atoms with van der Waals surface area (Å²) < 4.78 is 10.6. The van der Waals surface area contributed by atoms with Crippen LogP contribution in [0.15, 0.2) is 42.5 Å². The van der Waals surface area contributed by atoms with Gasteiger partial charge >= 0.3 is 5.97 Å². The highest BCUT2D eigenvalue weighted by atomic mass is 16.5. The molecule has 0 heterocycles. The first kappa shape index (κ1) is 19.8. The second-order valence-corrected chi connectivity index (χ2v) is 5.84. The topological polar surface area (TPSA) is 109 Å². The Bertz CT molecular complexity index is 873. The molecule has 2 rings (SSSR count). The third-order valence-electron chi connectivity index (χ3n) is 3.93. The molecule has 2 N–H and O–H groups in total. The maximum Gasteiger partial charge on any atom is 0.305 e. The average molecular weight is 368 g/mol. The minimum Gasteiger partial charge on any atom is -0.493 e. The number of carboxylic acid groups (broad SMARTS) is 1. The van der Waals surface area contributed by atoms with E-state index in [0.717, 1.165) is 11.1 Å². The van der Waals surface area contributed by atoms with Crippen LogP contribution in [-0.2, 0) is 9.59 Å². The number of carboxylic acids is 1. The van der Waals surface area contributed by atoms with Gasteiger partial charge in [-0.2, -0.15) is 5.26 Å². The Labute approximate surface area is 157 Å². The van der Waals surface area contributed by atoms with E-state index in [-0.39, 0.29) is 13.0 Å². The number of rotatable bonds is 8. The molecule has 140 valence electrons. The second-order valence-electron chi connectivity index (χ2n) is 5.84. The van der Waals surface area contributed by atoms with Gasteiger partial charge in [0.2, 0.25) is 0 Å². The van der Waals surface area contributed by atoms with Crippen molar-refractivity contribution in [2.45, 2.75) is 19.4 Å². The summed E-state index contributed by atoms with van der Waals surface area (Å²) in [4.78, 5) is 23.5. The summed E-state index contributed by atoms with van der Waals surface area (Å²) in [5, 5.41) is 20.8. The van der Waals surface area contributed by atoms with Crippen LogP contribution in [0.3, 0.4) is 0 Å². The zero-order chi connectivity index (χ0) is 19.8. The van der Waals surface area contributed by atoms with Crippen LogP contribution in [0.5, 0.6) is 11.5 Å². The van der Waals surface area contributed by atoms with E-state index in [4.69, 9.17) is 19.8 Å². The van der Waals surface area contributed by atoms with Crippen LogP contribution < -0.4 is 14.8 Å². The number of benzene rings is 2. The third kappa shape index (κ3) is 5.47. The number of carbonyl (C=O) groups is 2. The molecule has 1 amide bonds. The van der Waals surface area contributed by atoms with Gasteiger partial charge in [-0.3, -0.25) is 9.59 Å². The molecule has 0 saturated carbocycles. The first-order chi connectivity index (χ1) is 12.9. The second kappa shape index (κ2) is 9.25. The lowest BCUT2D eigenvalue weighted by Crippen LogP contribution is -2.34. The molecule has 2 aromatic carbocycles. The highest BCUT2D eigenvalue weighted by Gasteiger charge is 2.20. The molecule has 27 heavy (non-hydrogen) atoms. The molecule has 0 fully saturated rings. The number of nitrogens with zero attached hydrogens (tertiary/aromatic N) is 1. The summed E-state index contributed by atoms with van der Waals surface area (Å²) in [5.41, 5.74) is 2.03. The number of nitriles is 1. The molecular formula is C20H20N2O5. The largest absolute Gasteiger partial charge is 0.493 e. The fraction of sp³-hybridized carbons (Fsp3) is 0.250. The van der Waals surface area contributed by atoms with Crippen molar-refractivity contribution in [3.8, 4) is 17.6 Å². The molecule has 7 heteroatoms. The average Bonchev–Trinajstić information content (AvgIpc) is 2.65. The van der Waals surface area contributed by atoms with E-state index in [0.29, 0.717) is 17.1 Å². The minimum absolute atomic E-state index is 0.239. The lowest BCUT2D eigenvalue weighted by Gasteiger charge is -2.20. The lowest BCUT2D eigenvalue weighted by atomic mass is 9.99. The standard InChI is InChI=1S/C20H20N2O5/c1-13-5-3-4-6-15(13)16(10-20(24)25)22-19(23)12-27-17-8-7-14(11-21)9-18(17)26-2/h3-9,16H,10,12H2,1-2H3,(H,22,23)(H,24,25). The maximum atomic E-state index is 12.3. The molecule has 2 aromatic rings. The number of hydrogen-bond acceptors (Lipinski definition) is 5. The van der Waals surface area contributed by atoms with E-state index in [1.807, 2.05) is 25.1 Å². The van der Waals surface area contributed by atoms with Gasteiger partial charge in [-0.25, -0.2) is 0 Å². The molecule has 0 aliphatic carbocycles. The molecule has 0 saturated heterocycles. The van der Waals surface area contributed by atoms with E-state index in [2.05, 4.69) is 5.32 Å². The lowest BCUT2D eigenvalue weighted by molar-refractivity contribution is -0.137. The molecule has 1 atom stereocenters. The van der Waals surface area contributed by atoms with Crippen LogP contribution in [0.2, 0.25) is 0 Å². The molecular weight excluding hydrogens is 348 g/mol. The zero-order valence-electron chi connectivity index (χ0n) is 15.1. The van der Waals surface area contributed by atoms with E-state index in [1.165, 1.54) is 13.2 Å². The highest BCUT2D eigenvalue weighted by Crippen LogP contribution is 2.28.